The van der Waals surface area contributed by atoms with E-state index in [0.29, 0.717) is 12.8 Å². The van der Waals surface area contributed by atoms with Crippen LogP contribution in [-0.4, -0.2) is 35.7 Å². The molecule has 5 heteroatoms. The number of carbonyl (C=O) groups excluding carboxylic acids is 1. The van der Waals surface area contributed by atoms with Crippen molar-refractivity contribution in [3.05, 3.63) is 0 Å². The molecule has 2 rings (SSSR count). The van der Waals surface area contributed by atoms with Gasteiger partial charge >= 0.3 is 5.97 Å². The van der Waals surface area contributed by atoms with Crippen LogP contribution >= 0.6 is 0 Å². The van der Waals surface area contributed by atoms with Crippen LogP contribution in [0.3, 0.4) is 0 Å². The molecule has 1 aliphatic heterocycles. The summed E-state index contributed by atoms with van der Waals surface area (Å²) >= 11 is 0. The van der Waals surface area contributed by atoms with Crippen LogP contribution in [0, 0.1) is 5.92 Å². The molecule has 1 amide bonds. The van der Waals surface area contributed by atoms with Gasteiger partial charge in [-0.25, -0.2) is 0 Å². The predicted octanol–water partition coefficient (Wildman–Crippen LogP) is 2.10. The van der Waals surface area contributed by atoms with E-state index in [-0.39, 0.29) is 18.1 Å². The maximum atomic E-state index is 12.1. The Balaban J connectivity index is 1.85. The predicted molar refractivity (Wildman–Crippen MR) is 74.3 cm³/mol. The van der Waals surface area contributed by atoms with Gasteiger partial charge in [0.05, 0.1) is 18.4 Å². The third kappa shape index (κ3) is 4.47. The van der Waals surface area contributed by atoms with Gasteiger partial charge in [0.15, 0.2) is 0 Å². The molecule has 1 saturated heterocycles. The average molecular weight is 283 g/mol. The first kappa shape index (κ1) is 15.3. The minimum absolute atomic E-state index is 0.0119. The highest BCUT2D eigenvalue weighted by molar-refractivity contribution is 5.78. The number of rotatable bonds is 4. The molecule has 0 aromatic heterocycles. The second-order valence-corrected chi connectivity index (χ2v) is 5.95. The number of carboxylic acid groups (broad SMARTS) is 1. The quantitative estimate of drug-likeness (QED) is 0.775. The zero-order valence-electron chi connectivity index (χ0n) is 12.0. The van der Waals surface area contributed by atoms with Gasteiger partial charge in [-0.15, -0.1) is 0 Å². The number of amides is 1. The number of nitrogens with one attached hydrogen (secondary N) is 1. The fourth-order valence-electron chi connectivity index (χ4n) is 3.22. The SMILES string of the molecule is O=C(CC1CCCCO1)N[C@H]1CCCCC[C@H]1C(=O)O. The summed E-state index contributed by atoms with van der Waals surface area (Å²) in [5.74, 6) is -1.28. The summed E-state index contributed by atoms with van der Waals surface area (Å²) < 4.78 is 5.56. The van der Waals surface area contributed by atoms with Crippen LogP contribution in [-0.2, 0) is 14.3 Å². The monoisotopic (exact) mass is 283 g/mol. The number of ether oxygens (including phenoxy) is 1. The summed E-state index contributed by atoms with van der Waals surface area (Å²) in [7, 11) is 0. The topological polar surface area (TPSA) is 75.6 Å². The fourth-order valence-corrected chi connectivity index (χ4v) is 3.22. The van der Waals surface area contributed by atoms with Gasteiger partial charge in [0.25, 0.3) is 0 Å². The molecule has 1 unspecified atom stereocenters. The molecule has 0 bridgehead atoms. The van der Waals surface area contributed by atoms with E-state index in [9.17, 15) is 14.7 Å². The first-order valence-corrected chi connectivity index (χ1v) is 7.80. The summed E-state index contributed by atoms with van der Waals surface area (Å²) in [5, 5.41) is 12.2. The molecule has 0 spiro atoms. The zero-order chi connectivity index (χ0) is 14.4. The molecule has 20 heavy (non-hydrogen) atoms. The molecule has 114 valence electrons. The maximum absolute atomic E-state index is 12.1. The molecule has 2 aliphatic rings. The maximum Gasteiger partial charge on any atom is 0.308 e. The summed E-state index contributed by atoms with van der Waals surface area (Å²) in [4.78, 5) is 23.4. The van der Waals surface area contributed by atoms with E-state index in [1.165, 1.54) is 0 Å². The molecule has 0 aromatic rings. The number of hydrogen-bond donors (Lipinski definition) is 2. The van der Waals surface area contributed by atoms with Crippen molar-refractivity contribution in [1.29, 1.82) is 0 Å². The Bertz CT molecular complexity index is 339. The van der Waals surface area contributed by atoms with Gasteiger partial charge in [-0.1, -0.05) is 19.3 Å². The largest absolute Gasteiger partial charge is 0.481 e. The Morgan fingerprint density at radius 3 is 2.50 bits per heavy atom. The normalized spacial score (nSPS) is 31.3. The first-order valence-electron chi connectivity index (χ1n) is 7.80. The van der Waals surface area contributed by atoms with Gasteiger partial charge in [-0.3, -0.25) is 9.59 Å². The van der Waals surface area contributed by atoms with Crippen molar-refractivity contribution >= 4 is 11.9 Å². The molecule has 2 N–H and O–H groups in total. The number of hydrogen-bond acceptors (Lipinski definition) is 3. The number of aliphatic carboxylic acids is 1. The Hall–Kier alpha value is -1.10. The van der Waals surface area contributed by atoms with E-state index >= 15 is 0 Å². The van der Waals surface area contributed by atoms with E-state index in [1.807, 2.05) is 0 Å². The third-order valence-corrected chi connectivity index (χ3v) is 4.37. The van der Waals surface area contributed by atoms with Crippen molar-refractivity contribution < 1.29 is 19.4 Å². The lowest BCUT2D eigenvalue weighted by Gasteiger charge is -2.26. The van der Waals surface area contributed by atoms with Gasteiger partial charge in [-0.05, 0) is 32.1 Å². The highest BCUT2D eigenvalue weighted by Gasteiger charge is 2.31. The van der Waals surface area contributed by atoms with E-state index in [4.69, 9.17) is 4.74 Å². The molecule has 1 heterocycles. The standard InChI is InChI=1S/C15H25NO4/c17-14(10-11-6-4-5-9-20-11)16-13-8-3-1-2-7-12(13)15(18)19/h11-13H,1-10H2,(H,16,17)(H,18,19)/t11?,12-,13+/m1/s1. The molecule has 1 aliphatic carbocycles. The summed E-state index contributed by atoms with van der Waals surface area (Å²) in [6.45, 7) is 0.735. The van der Waals surface area contributed by atoms with Crippen LogP contribution in [0.2, 0.25) is 0 Å². The van der Waals surface area contributed by atoms with Crippen LogP contribution in [0.25, 0.3) is 0 Å². The van der Waals surface area contributed by atoms with Crippen LogP contribution in [0.1, 0.15) is 57.8 Å². The minimum Gasteiger partial charge on any atom is -0.481 e. The smallest absolute Gasteiger partial charge is 0.308 e. The Kier molecular flexibility index (Phi) is 5.83. The van der Waals surface area contributed by atoms with Crippen LogP contribution in [0.15, 0.2) is 0 Å². The van der Waals surface area contributed by atoms with Gasteiger partial charge < -0.3 is 15.2 Å². The van der Waals surface area contributed by atoms with Crippen LogP contribution < -0.4 is 5.32 Å². The molecular weight excluding hydrogens is 258 g/mol. The van der Waals surface area contributed by atoms with Crippen molar-refractivity contribution in [1.82, 2.24) is 5.32 Å². The molecule has 3 atom stereocenters. The summed E-state index contributed by atoms with van der Waals surface area (Å²) in [6.07, 6.45) is 7.92. The van der Waals surface area contributed by atoms with Crippen LogP contribution in [0.4, 0.5) is 0 Å². The van der Waals surface area contributed by atoms with Gasteiger partial charge in [0.2, 0.25) is 5.91 Å². The molecule has 2 fully saturated rings. The number of carboxylic acids is 1. The second-order valence-electron chi connectivity index (χ2n) is 5.95. The third-order valence-electron chi connectivity index (χ3n) is 4.37. The molecule has 0 aromatic carbocycles. The number of carbonyl (C=O) groups is 2. The lowest BCUT2D eigenvalue weighted by atomic mass is 9.94. The summed E-state index contributed by atoms with van der Waals surface area (Å²) in [5.41, 5.74) is 0. The van der Waals surface area contributed by atoms with E-state index in [2.05, 4.69) is 5.32 Å². The van der Waals surface area contributed by atoms with Crippen molar-refractivity contribution in [2.45, 2.75) is 69.9 Å². The molecule has 5 nitrogen and oxygen atoms in total. The first-order chi connectivity index (χ1) is 9.66. The average Bonchev–Trinajstić information content (AvgIpc) is 2.65. The van der Waals surface area contributed by atoms with Crippen molar-refractivity contribution in [2.24, 2.45) is 5.92 Å². The zero-order valence-corrected chi connectivity index (χ0v) is 12.0. The van der Waals surface area contributed by atoms with Crippen LogP contribution in [0.5, 0.6) is 0 Å². The Morgan fingerprint density at radius 2 is 1.80 bits per heavy atom. The van der Waals surface area contributed by atoms with E-state index in [0.717, 1.165) is 51.6 Å². The fraction of sp³-hybridized carbons (Fsp3) is 0.867. The van der Waals surface area contributed by atoms with E-state index in [1.54, 1.807) is 0 Å². The lowest BCUT2D eigenvalue weighted by molar-refractivity contribution is -0.143. The second kappa shape index (κ2) is 7.62. The molecular formula is C15H25NO4. The van der Waals surface area contributed by atoms with Crippen molar-refractivity contribution in [3.63, 3.8) is 0 Å². The highest BCUT2D eigenvalue weighted by atomic mass is 16.5. The highest BCUT2D eigenvalue weighted by Crippen LogP contribution is 2.24. The Labute approximate surface area is 120 Å². The van der Waals surface area contributed by atoms with Gasteiger partial charge in [0, 0.05) is 12.6 Å². The Morgan fingerprint density at radius 1 is 1.05 bits per heavy atom. The van der Waals surface area contributed by atoms with Gasteiger partial charge in [0.1, 0.15) is 0 Å². The minimum atomic E-state index is -0.786. The van der Waals surface area contributed by atoms with Crippen molar-refractivity contribution in [2.75, 3.05) is 6.61 Å². The summed E-state index contributed by atoms with van der Waals surface area (Å²) in [6, 6.07) is -0.217. The van der Waals surface area contributed by atoms with Crippen molar-refractivity contribution in [3.8, 4) is 0 Å². The molecule has 0 radical (unpaired) electrons. The molecule has 1 saturated carbocycles. The van der Waals surface area contributed by atoms with E-state index < -0.39 is 11.9 Å². The van der Waals surface area contributed by atoms with Gasteiger partial charge in [-0.2, -0.15) is 0 Å². The lowest BCUT2D eigenvalue weighted by Crippen LogP contribution is -2.44.